The van der Waals surface area contributed by atoms with Crippen molar-refractivity contribution >= 4 is 17.3 Å². The molecule has 104 valence electrons. The van der Waals surface area contributed by atoms with Crippen LogP contribution in [0.1, 0.15) is 15.9 Å². The van der Waals surface area contributed by atoms with Gasteiger partial charge in [-0.05, 0) is 36.8 Å². The molecule has 0 saturated heterocycles. The van der Waals surface area contributed by atoms with E-state index in [-0.39, 0.29) is 5.56 Å². The Morgan fingerprint density at radius 3 is 2.57 bits per heavy atom. The Morgan fingerprint density at radius 1 is 1.14 bits per heavy atom. The smallest absolute Gasteiger partial charge is 0.335 e. The van der Waals surface area contributed by atoms with Gasteiger partial charge in [0.1, 0.15) is 5.01 Å². The maximum Gasteiger partial charge on any atom is 0.335 e. The van der Waals surface area contributed by atoms with Gasteiger partial charge in [-0.1, -0.05) is 12.1 Å². The quantitative estimate of drug-likeness (QED) is 0.796. The summed E-state index contributed by atoms with van der Waals surface area (Å²) in [5, 5.41) is 11.7. The highest BCUT2D eigenvalue weighted by Crippen LogP contribution is 2.28. The molecule has 21 heavy (non-hydrogen) atoms. The Kier molecular flexibility index (Phi) is 3.50. The topological polar surface area (TPSA) is 63.1 Å². The van der Waals surface area contributed by atoms with Crippen molar-refractivity contribution in [2.45, 2.75) is 6.92 Å². The molecular weight excluding hydrogens is 284 g/mol. The second-order valence-corrected chi connectivity index (χ2v) is 5.50. The van der Waals surface area contributed by atoms with E-state index in [0.29, 0.717) is 0 Å². The molecule has 0 spiro atoms. The van der Waals surface area contributed by atoms with Crippen molar-refractivity contribution in [3.8, 4) is 22.0 Å². The van der Waals surface area contributed by atoms with Crippen LogP contribution in [0.2, 0.25) is 0 Å². The molecule has 0 amide bonds. The van der Waals surface area contributed by atoms with Gasteiger partial charge >= 0.3 is 5.97 Å². The number of hydrogen-bond donors (Lipinski definition) is 1. The molecule has 2 aromatic heterocycles. The summed E-state index contributed by atoms with van der Waals surface area (Å²) in [6.45, 7) is 2.02. The number of aryl methyl sites for hydroxylation is 1. The number of rotatable bonds is 3. The van der Waals surface area contributed by atoms with E-state index in [0.717, 1.165) is 27.5 Å². The minimum absolute atomic E-state index is 0.273. The zero-order valence-electron chi connectivity index (χ0n) is 11.3. The molecule has 0 unspecified atom stereocenters. The first-order chi connectivity index (χ1) is 10.1. The summed E-state index contributed by atoms with van der Waals surface area (Å²) in [5.41, 5.74) is 4.00. The van der Waals surface area contributed by atoms with E-state index < -0.39 is 5.97 Å². The lowest BCUT2D eigenvalue weighted by atomic mass is 10.1. The Labute approximate surface area is 125 Å². The lowest BCUT2D eigenvalue weighted by Crippen LogP contribution is -1.94. The number of thiazole rings is 1. The highest BCUT2D eigenvalue weighted by Gasteiger charge is 2.09. The fraction of sp³-hybridized carbons (Fsp3) is 0.0625. The number of aromatic nitrogens is 2. The van der Waals surface area contributed by atoms with Gasteiger partial charge in [-0.15, -0.1) is 11.3 Å². The number of carboxylic acids is 1. The molecule has 0 aliphatic heterocycles. The van der Waals surface area contributed by atoms with Crippen molar-refractivity contribution < 1.29 is 9.90 Å². The van der Waals surface area contributed by atoms with Crippen molar-refractivity contribution in [2.24, 2.45) is 0 Å². The Balaban J connectivity index is 1.93. The summed E-state index contributed by atoms with van der Waals surface area (Å²) in [7, 11) is 0. The number of aromatic carboxylic acids is 1. The average Bonchev–Trinajstić information content (AvgIpc) is 2.97. The molecule has 0 aliphatic rings. The molecule has 0 radical (unpaired) electrons. The van der Waals surface area contributed by atoms with Crippen molar-refractivity contribution in [3.63, 3.8) is 0 Å². The van der Waals surface area contributed by atoms with Crippen LogP contribution < -0.4 is 0 Å². The second kappa shape index (κ2) is 5.46. The third-order valence-corrected chi connectivity index (χ3v) is 3.93. The van der Waals surface area contributed by atoms with E-state index in [1.165, 1.54) is 11.3 Å². The van der Waals surface area contributed by atoms with Crippen molar-refractivity contribution in [1.29, 1.82) is 0 Å². The van der Waals surface area contributed by atoms with Gasteiger partial charge < -0.3 is 5.11 Å². The minimum atomic E-state index is -0.926. The molecule has 0 aliphatic carbocycles. The van der Waals surface area contributed by atoms with Crippen LogP contribution in [0.25, 0.3) is 22.0 Å². The van der Waals surface area contributed by atoms with Gasteiger partial charge in [0, 0.05) is 17.1 Å². The predicted molar refractivity (Wildman–Crippen MR) is 82.5 cm³/mol. The standard InChI is InChI=1S/C16H12N2O2S/c1-10-6-7-17-13(8-10)15-18-14(9-21-15)11-2-4-12(5-3-11)16(19)20/h2-9H,1H3,(H,19,20). The first kappa shape index (κ1) is 13.5. The fourth-order valence-corrected chi connectivity index (χ4v) is 2.76. The van der Waals surface area contributed by atoms with Gasteiger partial charge in [0.2, 0.25) is 0 Å². The Bertz CT molecular complexity index is 794. The molecule has 2 heterocycles. The minimum Gasteiger partial charge on any atom is -0.478 e. The molecule has 1 aromatic carbocycles. The van der Waals surface area contributed by atoms with Crippen LogP contribution in [-0.2, 0) is 0 Å². The number of carbonyl (C=O) groups is 1. The van der Waals surface area contributed by atoms with Crippen molar-refractivity contribution in [2.75, 3.05) is 0 Å². The van der Waals surface area contributed by atoms with Gasteiger partial charge in [-0.2, -0.15) is 0 Å². The Hall–Kier alpha value is -2.53. The van der Waals surface area contributed by atoms with Gasteiger partial charge in [0.05, 0.1) is 17.0 Å². The van der Waals surface area contributed by atoms with Gasteiger partial charge in [-0.3, -0.25) is 4.98 Å². The van der Waals surface area contributed by atoms with Crippen LogP contribution in [-0.4, -0.2) is 21.0 Å². The number of nitrogens with zero attached hydrogens (tertiary/aromatic N) is 2. The zero-order chi connectivity index (χ0) is 14.8. The van der Waals surface area contributed by atoms with Gasteiger partial charge in [0.15, 0.2) is 0 Å². The normalized spacial score (nSPS) is 10.5. The molecule has 3 aromatic rings. The maximum absolute atomic E-state index is 10.8. The molecule has 0 fully saturated rings. The molecule has 0 bridgehead atoms. The third-order valence-electron chi connectivity index (χ3n) is 3.07. The lowest BCUT2D eigenvalue weighted by Gasteiger charge is -1.99. The average molecular weight is 296 g/mol. The number of hydrogen-bond acceptors (Lipinski definition) is 4. The van der Waals surface area contributed by atoms with E-state index in [1.54, 1.807) is 30.5 Å². The molecule has 0 saturated carbocycles. The van der Waals surface area contributed by atoms with Crippen LogP contribution in [0.5, 0.6) is 0 Å². The summed E-state index contributed by atoms with van der Waals surface area (Å²) in [5.74, 6) is -0.926. The first-order valence-corrected chi connectivity index (χ1v) is 7.24. The van der Waals surface area contributed by atoms with E-state index in [2.05, 4.69) is 9.97 Å². The number of pyridine rings is 1. The first-order valence-electron chi connectivity index (χ1n) is 6.36. The summed E-state index contributed by atoms with van der Waals surface area (Å²) in [6.07, 6.45) is 1.77. The summed E-state index contributed by atoms with van der Waals surface area (Å²) in [4.78, 5) is 19.7. The molecule has 1 N–H and O–H groups in total. The van der Waals surface area contributed by atoms with Crippen LogP contribution in [0, 0.1) is 6.92 Å². The van der Waals surface area contributed by atoms with Crippen LogP contribution in [0.15, 0.2) is 48.0 Å². The fourth-order valence-electron chi connectivity index (χ4n) is 1.96. The summed E-state index contributed by atoms with van der Waals surface area (Å²) < 4.78 is 0. The summed E-state index contributed by atoms with van der Waals surface area (Å²) >= 11 is 1.53. The molecule has 0 atom stereocenters. The molecular formula is C16H12N2O2S. The molecule has 3 rings (SSSR count). The highest BCUT2D eigenvalue weighted by molar-refractivity contribution is 7.13. The van der Waals surface area contributed by atoms with E-state index in [9.17, 15) is 4.79 Å². The third kappa shape index (κ3) is 2.83. The highest BCUT2D eigenvalue weighted by atomic mass is 32.1. The number of benzene rings is 1. The largest absolute Gasteiger partial charge is 0.478 e. The lowest BCUT2D eigenvalue weighted by molar-refractivity contribution is 0.0697. The SMILES string of the molecule is Cc1ccnc(-c2nc(-c3ccc(C(=O)O)cc3)cs2)c1. The van der Waals surface area contributed by atoms with E-state index >= 15 is 0 Å². The Morgan fingerprint density at radius 2 is 1.90 bits per heavy atom. The van der Waals surface area contributed by atoms with E-state index in [4.69, 9.17) is 5.11 Å². The maximum atomic E-state index is 10.8. The number of carboxylic acid groups (broad SMARTS) is 1. The summed E-state index contributed by atoms with van der Waals surface area (Å²) in [6, 6.07) is 10.7. The van der Waals surface area contributed by atoms with Crippen LogP contribution in [0.4, 0.5) is 0 Å². The van der Waals surface area contributed by atoms with Crippen LogP contribution in [0.3, 0.4) is 0 Å². The van der Waals surface area contributed by atoms with Crippen LogP contribution >= 0.6 is 11.3 Å². The van der Waals surface area contributed by atoms with Crippen molar-refractivity contribution in [1.82, 2.24) is 9.97 Å². The molecule has 4 nitrogen and oxygen atoms in total. The zero-order valence-corrected chi connectivity index (χ0v) is 12.1. The van der Waals surface area contributed by atoms with Gasteiger partial charge in [0.25, 0.3) is 0 Å². The second-order valence-electron chi connectivity index (χ2n) is 4.64. The van der Waals surface area contributed by atoms with Gasteiger partial charge in [-0.25, -0.2) is 9.78 Å². The predicted octanol–water partition coefficient (Wildman–Crippen LogP) is 3.88. The molecule has 5 heteroatoms. The monoisotopic (exact) mass is 296 g/mol. The van der Waals surface area contributed by atoms with Crippen molar-refractivity contribution in [3.05, 3.63) is 59.1 Å². The van der Waals surface area contributed by atoms with E-state index in [1.807, 2.05) is 24.4 Å².